The molecule has 12 aromatic rings. The summed E-state index contributed by atoms with van der Waals surface area (Å²) >= 11 is 0. The van der Waals surface area contributed by atoms with E-state index in [1.807, 2.05) is 12.1 Å². The van der Waals surface area contributed by atoms with Crippen LogP contribution in [0.1, 0.15) is 0 Å². The maximum Gasteiger partial charge on any atom is 0.143 e. The normalized spacial score (nSPS) is 11.6. The first-order valence-corrected chi connectivity index (χ1v) is 20.7. The highest BCUT2D eigenvalue weighted by Crippen LogP contribution is 2.46. The van der Waals surface area contributed by atoms with Gasteiger partial charge >= 0.3 is 0 Å². The second-order valence-corrected chi connectivity index (χ2v) is 15.6. The number of rotatable bonds is 7. The van der Waals surface area contributed by atoms with Crippen molar-refractivity contribution < 1.29 is 8.83 Å². The third-order valence-electron chi connectivity index (χ3n) is 12.1. The molecule has 0 radical (unpaired) electrons. The Morgan fingerprint density at radius 1 is 0.295 bits per heavy atom. The van der Waals surface area contributed by atoms with Crippen molar-refractivity contribution in [3.8, 4) is 44.5 Å². The molecular formula is C58H37NO2. The van der Waals surface area contributed by atoms with Gasteiger partial charge in [0.2, 0.25) is 0 Å². The van der Waals surface area contributed by atoms with Crippen molar-refractivity contribution in [2.75, 3.05) is 4.90 Å². The fourth-order valence-electron chi connectivity index (χ4n) is 9.18. The first-order chi connectivity index (χ1) is 30.2. The van der Waals surface area contributed by atoms with Gasteiger partial charge < -0.3 is 13.7 Å². The van der Waals surface area contributed by atoms with E-state index < -0.39 is 0 Å². The zero-order valence-electron chi connectivity index (χ0n) is 33.1. The van der Waals surface area contributed by atoms with Crippen molar-refractivity contribution in [1.82, 2.24) is 0 Å². The van der Waals surface area contributed by atoms with E-state index >= 15 is 0 Å². The van der Waals surface area contributed by atoms with Crippen molar-refractivity contribution in [3.63, 3.8) is 0 Å². The van der Waals surface area contributed by atoms with Crippen LogP contribution in [0.3, 0.4) is 0 Å². The number of anilines is 3. The molecule has 0 saturated carbocycles. The van der Waals surface area contributed by atoms with Crippen LogP contribution in [-0.4, -0.2) is 0 Å². The Bertz CT molecular complexity index is 3580. The molecule has 0 spiro atoms. The van der Waals surface area contributed by atoms with E-state index in [2.05, 4.69) is 217 Å². The van der Waals surface area contributed by atoms with E-state index in [1.54, 1.807) is 0 Å². The minimum Gasteiger partial charge on any atom is -0.455 e. The molecule has 0 amide bonds. The van der Waals surface area contributed by atoms with Gasteiger partial charge in [-0.05, 0) is 93.4 Å². The molecule has 3 nitrogen and oxygen atoms in total. The molecule has 0 aliphatic heterocycles. The molecular weight excluding hydrogens is 743 g/mol. The lowest BCUT2D eigenvalue weighted by atomic mass is 9.95. The lowest BCUT2D eigenvalue weighted by molar-refractivity contribution is 0.670. The molecule has 3 heteroatoms. The molecule has 0 saturated heterocycles. The zero-order chi connectivity index (χ0) is 40.3. The van der Waals surface area contributed by atoms with Gasteiger partial charge in [0.25, 0.3) is 0 Å². The van der Waals surface area contributed by atoms with Crippen molar-refractivity contribution in [2.45, 2.75) is 0 Å². The lowest BCUT2D eigenvalue weighted by Gasteiger charge is -2.28. The topological polar surface area (TPSA) is 29.5 Å². The molecule has 61 heavy (non-hydrogen) atoms. The molecule has 286 valence electrons. The van der Waals surface area contributed by atoms with Gasteiger partial charge in [-0.1, -0.05) is 170 Å². The van der Waals surface area contributed by atoms with E-state index in [-0.39, 0.29) is 0 Å². The third-order valence-corrected chi connectivity index (χ3v) is 12.1. The molecule has 2 aromatic heterocycles. The van der Waals surface area contributed by atoms with Crippen molar-refractivity contribution in [3.05, 3.63) is 224 Å². The Hall–Kier alpha value is -8.14. The maximum absolute atomic E-state index is 6.67. The molecule has 0 aliphatic carbocycles. The van der Waals surface area contributed by atoms with E-state index in [0.29, 0.717) is 0 Å². The van der Waals surface area contributed by atoms with Crippen LogP contribution < -0.4 is 4.90 Å². The Labute approximate surface area is 353 Å². The summed E-state index contributed by atoms with van der Waals surface area (Å²) in [6.07, 6.45) is 0. The number of furan rings is 2. The first-order valence-electron chi connectivity index (χ1n) is 20.7. The summed E-state index contributed by atoms with van der Waals surface area (Å²) in [6.45, 7) is 0. The summed E-state index contributed by atoms with van der Waals surface area (Å²) in [6, 6.07) is 79.9. The standard InChI is InChI=1S/C58H37NO2/c1-2-13-38(14-3-1)42-16-10-17-43(37-42)39-27-32-44(33-28-39)59(45-34-29-41(30-35-45)47-21-11-23-51-49-20-7-9-25-54(49)60-57(47)51)53-24-8-6-19-48(53)50-22-12-26-55-56(50)52-36-31-40-15-4-5-18-46(40)58(52)61-55/h1-37H. The van der Waals surface area contributed by atoms with Crippen molar-refractivity contribution >= 4 is 71.7 Å². The number of para-hydroxylation sites is 3. The third kappa shape index (κ3) is 5.90. The molecule has 12 rings (SSSR count). The number of fused-ring (bicyclic) bond motifs is 8. The van der Waals surface area contributed by atoms with Crippen molar-refractivity contribution in [2.24, 2.45) is 0 Å². The van der Waals surface area contributed by atoms with Crippen LogP contribution in [-0.2, 0) is 0 Å². The van der Waals surface area contributed by atoms with Crippen molar-refractivity contribution in [1.29, 1.82) is 0 Å². The summed E-state index contributed by atoms with van der Waals surface area (Å²) in [5, 5.41) is 6.75. The maximum atomic E-state index is 6.67. The van der Waals surface area contributed by atoms with Gasteiger partial charge in [-0.15, -0.1) is 0 Å². The lowest BCUT2D eigenvalue weighted by Crippen LogP contribution is -2.11. The fraction of sp³-hybridized carbons (Fsp3) is 0. The van der Waals surface area contributed by atoms with Crippen LogP contribution in [0.15, 0.2) is 233 Å². The van der Waals surface area contributed by atoms with Gasteiger partial charge in [-0.2, -0.15) is 0 Å². The van der Waals surface area contributed by atoms with Gasteiger partial charge in [0.15, 0.2) is 0 Å². The van der Waals surface area contributed by atoms with Crippen LogP contribution in [0.5, 0.6) is 0 Å². The Balaban J connectivity index is 1.01. The molecule has 0 N–H and O–H groups in total. The highest BCUT2D eigenvalue weighted by molar-refractivity contribution is 6.20. The minimum atomic E-state index is 0.872. The molecule has 10 aromatic carbocycles. The van der Waals surface area contributed by atoms with Gasteiger partial charge in [-0.3, -0.25) is 0 Å². The summed E-state index contributed by atoms with van der Waals surface area (Å²) in [7, 11) is 0. The molecule has 0 unspecified atom stereocenters. The number of hydrogen-bond acceptors (Lipinski definition) is 3. The SMILES string of the molecule is c1ccc(-c2cccc(-c3ccc(N(c4ccc(-c5cccc6c5oc5ccccc56)cc4)c4ccccc4-c4cccc5oc6c7ccccc7ccc6c45)cc3)c2)cc1. The minimum absolute atomic E-state index is 0.872. The molecule has 0 bridgehead atoms. The summed E-state index contributed by atoms with van der Waals surface area (Å²) in [5.74, 6) is 0. The van der Waals surface area contributed by atoms with Crippen LogP contribution in [0.2, 0.25) is 0 Å². The van der Waals surface area contributed by atoms with Gasteiger partial charge in [0, 0.05) is 49.4 Å². The Morgan fingerprint density at radius 2 is 0.852 bits per heavy atom. The predicted octanol–water partition coefficient (Wildman–Crippen LogP) is 16.8. The molecule has 0 fully saturated rings. The Kier molecular flexibility index (Phi) is 8.17. The van der Waals surface area contributed by atoms with E-state index in [1.165, 1.54) is 16.7 Å². The van der Waals surface area contributed by atoms with Crippen LogP contribution in [0.4, 0.5) is 17.1 Å². The average Bonchev–Trinajstić information content (AvgIpc) is 3.92. The number of hydrogen-bond donors (Lipinski definition) is 0. The monoisotopic (exact) mass is 779 g/mol. The summed E-state index contributed by atoms with van der Waals surface area (Å²) in [5.41, 5.74) is 15.9. The molecule has 2 heterocycles. The van der Waals surface area contributed by atoms with Gasteiger partial charge in [0.05, 0.1) is 5.69 Å². The van der Waals surface area contributed by atoms with Gasteiger partial charge in [0.1, 0.15) is 22.3 Å². The first kappa shape index (κ1) is 34.9. The number of benzene rings is 10. The number of nitrogens with zero attached hydrogens (tertiary/aromatic N) is 1. The fourth-order valence-corrected chi connectivity index (χ4v) is 9.18. The second kappa shape index (κ2) is 14.3. The smallest absolute Gasteiger partial charge is 0.143 e. The van der Waals surface area contributed by atoms with E-state index in [9.17, 15) is 0 Å². The van der Waals surface area contributed by atoms with E-state index in [0.717, 1.165) is 99.5 Å². The van der Waals surface area contributed by atoms with Crippen LogP contribution >= 0.6 is 0 Å². The zero-order valence-corrected chi connectivity index (χ0v) is 33.1. The summed E-state index contributed by atoms with van der Waals surface area (Å²) < 4.78 is 13.1. The van der Waals surface area contributed by atoms with Gasteiger partial charge in [-0.25, -0.2) is 0 Å². The second-order valence-electron chi connectivity index (χ2n) is 15.6. The molecule has 0 aliphatic rings. The highest BCUT2D eigenvalue weighted by atomic mass is 16.3. The Morgan fingerprint density at radius 3 is 1.67 bits per heavy atom. The van der Waals surface area contributed by atoms with Crippen LogP contribution in [0.25, 0.3) is 99.2 Å². The predicted molar refractivity (Wildman–Crippen MR) is 255 cm³/mol. The largest absolute Gasteiger partial charge is 0.455 e. The highest BCUT2D eigenvalue weighted by Gasteiger charge is 2.22. The quantitative estimate of drug-likeness (QED) is 0.161. The molecule has 0 atom stereocenters. The van der Waals surface area contributed by atoms with E-state index in [4.69, 9.17) is 8.83 Å². The summed E-state index contributed by atoms with van der Waals surface area (Å²) in [4.78, 5) is 2.38. The average molecular weight is 780 g/mol. The van der Waals surface area contributed by atoms with Crippen LogP contribution in [0, 0.1) is 0 Å².